The second-order valence-electron chi connectivity index (χ2n) is 5.57. The normalized spacial score (nSPS) is 29.5. The van der Waals surface area contributed by atoms with E-state index in [0.29, 0.717) is 5.54 Å². The van der Waals surface area contributed by atoms with Crippen LogP contribution in [-0.2, 0) is 0 Å². The van der Waals surface area contributed by atoms with E-state index in [4.69, 9.17) is 0 Å². The molecule has 2 saturated heterocycles. The van der Waals surface area contributed by atoms with Crippen LogP contribution in [0.3, 0.4) is 0 Å². The molecule has 2 heterocycles. The molecule has 0 N–H and O–H groups in total. The van der Waals surface area contributed by atoms with Crippen molar-refractivity contribution in [1.29, 1.82) is 0 Å². The summed E-state index contributed by atoms with van der Waals surface area (Å²) in [6.07, 6.45) is 2.52. The number of rotatable bonds is 0. The van der Waals surface area contributed by atoms with Gasteiger partial charge in [0.15, 0.2) is 0 Å². The quantitative estimate of drug-likeness (QED) is 0.582. The number of fused-ring (bicyclic) bond motifs is 1. The predicted molar refractivity (Wildman–Crippen MR) is 60.2 cm³/mol. The molecule has 0 unspecified atom stereocenters. The summed E-state index contributed by atoms with van der Waals surface area (Å²) >= 11 is 0. The molecule has 0 radical (unpaired) electrons. The first-order valence-corrected chi connectivity index (χ1v) is 5.68. The summed E-state index contributed by atoms with van der Waals surface area (Å²) in [6.45, 7) is 14.7. The molecule has 2 nitrogen and oxygen atoms in total. The van der Waals surface area contributed by atoms with Crippen LogP contribution in [0.1, 0.15) is 33.6 Å². The lowest BCUT2D eigenvalue weighted by Crippen LogP contribution is -2.55. The third-order valence-corrected chi connectivity index (χ3v) is 3.60. The number of allylic oxidation sites excluding steroid dienone is 1. The highest BCUT2D eigenvalue weighted by molar-refractivity contribution is 5.07. The third-order valence-electron chi connectivity index (χ3n) is 3.60. The molecule has 2 aliphatic heterocycles. The van der Waals surface area contributed by atoms with Gasteiger partial charge in [-0.05, 0) is 33.6 Å². The zero-order valence-electron chi connectivity index (χ0n) is 9.71. The third kappa shape index (κ3) is 1.68. The van der Waals surface area contributed by atoms with Gasteiger partial charge in [0.1, 0.15) is 0 Å². The first-order chi connectivity index (χ1) is 6.48. The van der Waals surface area contributed by atoms with E-state index in [1.54, 1.807) is 0 Å². The fourth-order valence-corrected chi connectivity index (χ4v) is 2.60. The Morgan fingerprint density at radius 3 is 2.64 bits per heavy atom. The minimum Gasteiger partial charge on any atom is -0.370 e. The van der Waals surface area contributed by atoms with Crippen molar-refractivity contribution >= 4 is 0 Å². The van der Waals surface area contributed by atoms with Crippen LogP contribution in [-0.4, -0.2) is 41.0 Å². The summed E-state index contributed by atoms with van der Waals surface area (Å²) in [5, 5.41) is 0. The largest absolute Gasteiger partial charge is 0.370 e. The zero-order chi connectivity index (χ0) is 10.3. The second kappa shape index (κ2) is 3.27. The zero-order valence-corrected chi connectivity index (χ0v) is 9.71. The predicted octanol–water partition coefficient (Wildman–Crippen LogP) is 2.08. The molecule has 0 saturated carbocycles. The first kappa shape index (κ1) is 10.0. The van der Waals surface area contributed by atoms with E-state index in [1.165, 1.54) is 38.2 Å². The fraction of sp³-hybridized carbons (Fsp3) is 0.833. The maximum absolute atomic E-state index is 4.13. The average Bonchev–Trinajstić information content (AvgIpc) is 2.46. The Morgan fingerprint density at radius 2 is 2.00 bits per heavy atom. The van der Waals surface area contributed by atoms with Crippen molar-refractivity contribution in [3.05, 3.63) is 12.3 Å². The highest BCUT2D eigenvalue weighted by Gasteiger charge is 2.35. The number of hydrogen-bond acceptors (Lipinski definition) is 2. The standard InChI is InChI=1S/C12H22N2/c1-10-5-6-11-9-13(12(2,3)4)7-8-14(10)11/h11H,1,5-9H2,2-4H3/t11-/m1/s1. The molecule has 0 aromatic rings. The van der Waals surface area contributed by atoms with Gasteiger partial charge in [0, 0.05) is 36.9 Å². The number of hydrogen-bond donors (Lipinski definition) is 0. The molecule has 2 aliphatic rings. The molecular formula is C12H22N2. The van der Waals surface area contributed by atoms with Gasteiger partial charge >= 0.3 is 0 Å². The Morgan fingerprint density at radius 1 is 1.29 bits per heavy atom. The highest BCUT2D eigenvalue weighted by Crippen LogP contribution is 2.31. The summed E-state index contributed by atoms with van der Waals surface area (Å²) in [6, 6.07) is 0.746. The molecule has 0 aromatic heterocycles. The molecule has 0 bridgehead atoms. The van der Waals surface area contributed by atoms with Crippen molar-refractivity contribution in [2.45, 2.75) is 45.2 Å². The lowest BCUT2D eigenvalue weighted by molar-refractivity contribution is 0.0510. The maximum atomic E-state index is 4.13. The lowest BCUT2D eigenvalue weighted by atomic mass is 10.0. The molecule has 0 amide bonds. The maximum Gasteiger partial charge on any atom is 0.0418 e. The molecule has 0 spiro atoms. The van der Waals surface area contributed by atoms with Crippen LogP contribution in [0.2, 0.25) is 0 Å². The fourth-order valence-electron chi connectivity index (χ4n) is 2.60. The van der Waals surface area contributed by atoms with Crippen LogP contribution in [0.25, 0.3) is 0 Å². The Balaban J connectivity index is 2.03. The molecule has 2 rings (SSSR count). The summed E-state index contributed by atoms with van der Waals surface area (Å²) in [4.78, 5) is 5.12. The monoisotopic (exact) mass is 194 g/mol. The van der Waals surface area contributed by atoms with E-state index in [2.05, 4.69) is 37.1 Å². The van der Waals surface area contributed by atoms with E-state index in [1.807, 2.05) is 0 Å². The Kier molecular flexibility index (Phi) is 2.34. The summed E-state index contributed by atoms with van der Waals surface area (Å²) in [7, 11) is 0. The van der Waals surface area contributed by atoms with Crippen molar-refractivity contribution in [3.8, 4) is 0 Å². The van der Waals surface area contributed by atoms with Crippen LogP contribution >= 0.6 is 0 Å². The van der Waals surface area contributed by atoms with Gasteiger partial charge in [0.2, 0.25) is 0 Å². The summed E-state index contributed by atoms with van der Waals surface area (Å²) < 4.78 is 0. The average molecular weight is 194 g/mol. The second-order valence-corrected chi connectivity index (χ2v) is 5.57. The SMILES string of the molecule is C=C1CC[C@@H]2CN(C(C)(C)C)CCN12. The van der Waals surface area contributed by atoms with E-state index in [0.717, 1.165) is 6.04 Å². The van der Waals surface area contributed by atoms with Gasteiger partial charge in [-0.1, -0.05) is 6.58 Å². The van der Waals surface area contributed by atoms with Gasteiger partial charge < -0.3 is 4.90 Å². The van der Waals surface area contributed by atoms with Crippen LogP contribution in [0.15, 0.2) is 12.3 Å². The van der Waals surface area contributed by atoms with Crippen LogP contribution in [0.4, 0.5) is 0 Å². The van der Waals surface area contributed by atoms with Crippen molar-refractivity contribution in [1.82, 2.24) is 9.80 Å². The van der Waals surface area contributed by atoms with E-state index < -0.39 is 0 Å². The molecule has 0 aliphatic carbocycles. The van der Waals surface area contributed by atoms with Crippen molar-refractivity contribution < 1.29 is 0 Å². The lowest BCUT2D eigenvalue weighted by Gasteiger charge is -2.45. The molecule has 2 heteroatoms. The molecular weight excluding hydrogens is 172 g/mol. The van der Waals surface area contributed by atoms with Gasteiger partial charge in [0.25, 0.3) is 0 Å². The summed E-state index contributed by atoms with van der Waals surface area (Å²) in [5.41, 5.74) is 1.69. The Labute approximate surface area is 87.6 Å². The summed E-state index contributed by atoms with van der Waals surface area (Å²) in [5.74, 6) is 0. The Bertz CT molecular complexity index is 239. The smallest absolute Gasteiger partial charge is 0.0418 e. The topological polar surface area (TPSA) is 6.48 Å². The minimum absolute atomic E-state index is 0.329. The van der Waals surface area contributed by atoms with Gasteiger partial charge in [0.05, 0.1) is 0 Å². The van der Waals surface area contributed by atoms with Crippen LogP contribution in [0, 0.1) is 0 Å². The van der Waals surface area contributed by atoms with E-state index >= 15 is 0 Å². The van der Waals surface area contributed by atoms with Gasteiger partial charge in [-0.2, -0.15) is 0 Å². The van der Waals surface area contributed by atoms with Crippen molar-refractivity contribution in [2.75, 3.05) is 19.6 Å². The Hall–Kier alpha value is -0.500. The molecule has 80 valence electrons. The number of nitrogens with zero attached hydrogens (tertiary/aromatic N) is 2. The van der Waals surface area contributed by atoms with E-state index in [-0.39, 0.29) is 0 Å². The van der Waals surface area contributed by atoms with Crippen molar-refractivity contribution in [2.24, 2.45) is 0 Å². The first-order valence-electron chi connectivity index (χ1n) is 5.68. The van der Waals surface area contributed by atoms with E-state index in [9.17, 15) is 0 Å². The van der Waals surface area contributed by atoms with Crippen LogP contribution in [0.5, 0.6) is 0 Å². The number of piperazine rings is 1. The van der Waals surface area contributed by atoms with Gasteiger partial charge in [-0.25, -0.2) is 0 Å². The molecule has 0 aromatic carbocycles. The molecule has 2 fully saturated rings. The molecule has 1 atom stereocenters. The minimum atomic E-state index is 0.329. The van der Waals surface area contributed by atoms with Gasteiger partial charge in [-0.3, -0.25) is 4.90 Å². The highest BCUT2D eigenvalue weighted by atomic mass is 15.3. The van der Waals surface area contributed by atoms with Gasteiger partial charge in [-0.15, -0.1) is 0 Å². The molecule has 14 heavy (non-hydrogen) atoms. The van der Waals surface area contributed by atoms with Crippen LogP contribution < -0.4 is 0 Å². The van der Waals surface area contributed by atoms with Crippen molar-refractivity contribution in [3.63, 3.8) is 0 Å².